The third kappa shape index (κ3) is 4.01. The van der Waals surface area contributed by atoms with Crippen LogP contribution in [0, 0.1) is 0 Å². The van der Waals surface area contributed by atoms with E-state index in [4.69, 9.17) is 4.74 Å². The zero-order chi connectivity index (χ0) is 18.6. The molecule has 0 atom stereocenters. The van der Waals surface area contributed by atoms with Crippen LogP contribution in [0.1, 0.15) is 5.56 Å². The van der Waals surface area contributed by atoms with Crippen LogP contribution in [-0.2, 0) is 6.54 Å². The minimum Gasteiger partial charge on any atom is -0.439 e. The Bertz CT molecular complexity index is 1100. The molecule has 0 unspecified atom stereocenters. The summed E-state index contributed by atoms with van der Waals surface area (Å²) in [5, 5.41) is 0. The van der Waals surface area contributed by atoms with E-state index in [1.54, 1.807) is 35.4 Å². The molecule has 0 fully saturated rings. The lowest BCUT2D eigenvalue weighted by Gasteiger charge is -2.11. The molecule has 2 aromatic carbocycles. The Hall–Kier alpha value is -3.12. The second kappa shape index (κ2) is 7.63. The van der Waals surface area contributed by atoms with Crippen LogP contribution in [0.15, 0.2) is 94.7 Å². The molecule has 0 aliphatic carbocycles. The first-order valence-electron chi connectivity index (χ1n) is 8.39. The Kier molecular flexibility index (Phi) is 4.89. The third-order valence-electron chi connectivity index (χ3n) is 4.10. The summed E-state index contributed by atoms with van der Waals surface area (Å²) in [5.41, 5.74) is 1.87. The van der Waals surface area contributed by atoms with Crippen molar-refractivity contribution in [1.82, 2.24) is 14.1 Å². The molecule has 0 bridgehead atoms. The standard InChI is InChI=1S/C21H16BrN3O2/c22-17-6-10-19(11-7-17)27-21-13-23-15-24(21)14-16-4-8-18(9-5-16)25-12-2-1-3-20(25)26/h1-13,15H,14H2. The van der Waals surface area contributed by atoms with Gasteiger partial charge in [0.1, 0.15) is 5.75 Å². The molecule has 0 saturated carbocycles. The van der Waals surface area contributed by atoms with Gasteiger partial charge in [0.15, 0.2) is 0 Å². The number of halogens is 1. The minimum absolute atomic E-state index is 0.0509. The van der Waals surface area contributed by atoms with E-state index in [2.05, 4.69) is 20.9 Å². The largest absolute Gasteiger partial charge is 0.439 e. The minimum atomic E-state index is -0.0509. The highest BCUT2D eigenvalue weighted by molar-refractivity contribution is 9.10. The smallest absolute Gasteiger partial charge is 0.255 e. The number of benzene rings is 2. The Morgan fingerprint density at radius 1 is 0.963 bits per heavy atom. The van der Waals surface area contributed by atoms with Gasteiger partial charge in [-0.3, -0.25) is 13.9 Å². The zero-order valence-corrected chi connectivity index (χ0v) is 15.9. The van der Waals surface area contributed by atoms with Crippen LogP contribution in [0.5, 0.6) is 11.6 Å². The first-order valence-corrected chi connectivity index (χ1v) is 9.19. The molecule has 0 N–H and O–H groups in total. The van der Waals surface area contributed by atoms with Gasteiger partial charge in [-0.1, -0.05) is 34.1 Å². The van der Waals surface area contributed by atoms with Crippen LogP contribution in [0.3, 0.4) is 0 Å². The molecule has 2 heterocycles. The van der Waals surface area contributed by atoms with E-state index in [0.29, 0.717) is 12.4 Å². The molecule has 0 aliphatic heterocycles. The van der Waals surface area contributed by atoms with Crippen molar-refractivity contribution in [3.63, 3.8) is 0 Å². The van der Waals surface area contributed by atoms with Gasteiger partial charge in [-0.05, 0) is 48.0 Å². The van der Waals surface area contributed by atoms with Crippen molar-refractivity contribution in [2.24, 2.45) is 0 Å². The quantitative estimate of drug-likeness (QED) is 0.471. The van der Waals surface area contributed by atoms with Gasteiger partial charge in [-0.15, -0.1) is 0 Å². The van der Waals surface area contributed by atoms with E-state index in [9.17, 15) is 4.79 Å². The Morgan fingerprint density at radius 3 is 2.48 bits per heavy atom. The number of aromatic nitrogens is 3. The summed E-state index contributed by atoms with van der Waals surface area (Å²) in [4.78, 5) is 16.1. The van der Waals surface area contributed by atoms with Gasteiger partial charge in [0.05, 0.1) is 19.1 Å². The lowest BCUT2D eigenvalue weighted by molar-refractivity contribution is 0.436. The predicted molar refractivity (Wildman–Crippen MR) is 108 cm³/mol. The fraction of sp³-hybridized carbons (Fsp3) is 0.0476. The number of nitrogens with zero attached hydrogens (tertiary/aromatic N) is 3. The fourth-order valence-electron chi connectivity index (χ4n) is 2.74. The Labute approximate surface area is 164 Å². The second-order valence-corrected chi connectivity index (χ2v) is 6.91. The van der Waals surface area contributed by atoms with Crippen LogP contribution < -0.4 is 10.3 Å². The lowest BCUT2D eigenvalue weighted by Crippen LogP contribution is -2.15. The van der Waals surface area contributed by atoms with E-state index >= 15 is 0 Å². The zero-order valence-electron chi connectivity index (χ0n) is 14.3. The highest BCUT2D eigenvalue weighted by atomic mass is 79.9. The van der Waals surface area contributed by atoms with Crippen molar-refractivity contribution in [3.05, 3.63) is 106 Å². The van der Waals surface area contributed by atoms with Gasteiger partial charge in [0, 0.05) is 22.4 Å². The van der Waals surface area contributed by atoms with Crippen molar-refractivity contribution >= 4 is 15.9 Å². The molecule has 0 amide bonds. The fourth-order valence-corrected chi connectivity index (χ4v) is 3.00. The van der Waals surface area contributed by atoms with Gasteiger partial charge in [-0.25, -0.2) is 4.98 Å². The maximum Gasteiger partial charge on any atom is 0.255 e. The monoisotopic (exact) mass is 421 g/mol. The van der Waals surface area contributed by atoms with Crippen molar-refractivity contribution < 1.29 is 4.74 Å². The summed E-state index contributed by atoms with van der Waals surface area (Å²) < 4.78 is 10.5. The van der Waals surface area contributed by atoms with E-state index in [1.165, 1.54) is 0 Å². The highest BCUT2D eigenvalue weighted by Gasteiger charge is 2.06. The Morgan fingerprint density at radius 2 is 1.74 bits per heavy atom. The highest BCUT2D eigenvalue weighted by Crippen LogP contribution is 2.23. The normalized spacial score (nSPS) is 10.7. The molecule has 0 aliphatic rings. The van der Waals surface area contributed by atoms with Gasteiger partial charge >= 0.3 is 0 Å². The molecule has 4 aromatic rings. The van der Waals surface area contributed by atoms with E-state index in [-0.39, 0.29) is 5.56 Å². The summed E-state index contributed by atoms with van der Waals surface area (Å²) in [5.74, 6) is 1.42. The van der Waals surface area contributed by atoms with Gasteiger partial charge in [0.25, 0.3) is 5.56 Å². The number of ether oxygens (including phenoxy) is 1. The van der Waals surface area contributed by atoms with Crippen LogP contribution in [0.25, 0.3) is 5.69 Å². The van der Waals surface area contributed by atoms with Gasteiger partial charge < -0.3 is 4.74 Å². The number of hydrogen-bond acceptors (Lipinski definition) is 3. The van der Waals surface area contributed by atoms with E-state index in [1.807, 2.05) is 59.2 Å². The first-order chi connectivity index (χ1) is 13.2. The van der Waals surface area contributed by atoms with Crippen LogP contribution in [0.4, 0.5) is 0 Å². The van der Waals surface area contributed by atoms with Crippen molar-refractivity contribution in [1.29, 1.82) is 0 Å². The van der Waals surface area contributed by atoms with Gasteiger partial charge in [0.2, 0.25) is 5.88 Å². The molecule has 134 valence electrons. The SMILES string of the molecule is O=c1ccccn1-c1ccc(Cn2cncc2Oc2ccc(Br)cc2)cc1. The number of pyridine rings is 1. The number of rotatable bonds is 5. The first kappa shape index (κ1) is 17.3. The van der Waals surface area contributed by atoms with Crippen LogP contribution in [-0.4, -0.2) is 14.1 Å². The maximum absolute atomic E-state index is 11.9. The van der Waals surface area contributed by atoms with Crippen molar-refractivity contribution in [2.75, 3.05) is 0 Å². The lowest BCUT2D eigenvalue weighted by atomic mass is 10.2. The molecule has 0 spiro atoms. The molecular formula is C21H16BrN3O2. The van der Waals surface area contributed by atoms with Crippen molar-refractivity contribution in [3.8, 4) is 17.3 Å². The van der Waals surface area contributed by atoms with Crippen LogP contribution >= 0.6 is 15.9 Å². The van der Waals surface area contributed by atoms with E-state index < -0.39 is 0 Å². The van der Waals surface area contributed by atoms with Crippen molar-refractivity contribution in [2.45, 2.75) is 6.54 Å². The maximum atomic E-state index is 11.9. The molecule has 4 rings (SSSR count). The summed E-state index contributed by atoms with van der Waals surface area (Å²) in [6, 6.07) is 20.6. The summed E-state index contributed by atoms with van der Waals surface area (Å²) in [6.45, 7) is 0.621. The Balaban J connectivity index is 1.52. The van der Waals surface area contributed by atoms with E-state index in [0.717, 1.165) is 21.5 Å². The molecule has 5 nitrogen and oxygen atoms in total. The topological polar surface area (TPSA) is 49.0 Å². The second-order valence-electron chi connectivity index (χ2n) is 5.99. The molecule has 6 heteroatoms. The predicted octanol–water partition coefficient (Wildman–Crippen LogP) is 4.64. The average molecular weight is 422 g/mol. The molecule has 0 radical (unpaired) electrons. The summed E-state index contributed by atoms with van der Waals surface area (Å²) in [7, 11) is 0. The number of hydrogen-bond donors (Lipinski definition) is 0. The summed E-state index contributed by atoms with van der Waals surface area (Å²) in [6.07, 6.45) is 5.20. The van der Waals surface area contributed by atoms with Crippen LogP contribution in [0.2, 0.25) is 0 Å². The summed E-state index contributed by atoms with van der Waals surface area (Å²) >= 11 is 3.41. The number of imidazole rings is 1. The van der Waals surface area contributed by atoms with Gasteiger partial charge in [-0.2, -0.15) is 0 Å². The molecular weight excluding hydrogens is 406 g/mol. The molecule has 2 aromatic heterocycles. The average Bonchev–Trinajstić information content (AvgIpc) is 3.11. The molecule has 27 heavy (non-hydrogen) atoms. The molecule has 0 saturated heterocycles. The third-order valence-corrected chi connectivity index (χ3v) is 4.63.